The summed E-state index contributed by atoms with van der Waals surface area (Å²) in [5, 5.41) is 0. The first-order valence-electron chi connectivity index (χ1n) is 9.35. The van der Waals surface area contributed by atoms with E-state index >= 15 is 0 Å². The summed E-state index contributed by atoms with van der Waals surface area (Å²) < 4.78 is 14.3. The number of ether oxygens (including phenoxy) is 2. The van der Waals surface area contributed by atoms with Crippen molar-refractivity contribution in [3.05, 3.63) is 96.6 Å². The van der Waals surface area contributed by atoms with E-state index in [9.17, 15) is 4.79 Å². The number of pyridine rings is 2. The van der Waals surface area contributed by atoms with Gasteiger partial charge in [-0.3, -0.25) is 9.97 Å². The predicted octanol–water partition coefficient (Wildman–Crippen LogP) is 2.82. The SMILES string of the molecule is O=C(OCc1nccn1Cc1ccncc1)OCc1nccn1Cc1ccncc1. The molecule has 4 rings (SSSR count). The Hall–Kier alpha value is -4.01. The third-order valence-corrected chi connectivity index (χ3v) is 4.45. The van der Waals surface area contributed by atoms with Gasteiger partial charge in [-0.25, -0.2) is 14.8 Å². The van der Waals surface area contributed by atoms with Crippen LogP contribution >= 0.6 is 0 Å². The second-order valence-electron chi connectivity index (χ2n) is 6.48. The van der Waals surface area contributed by atoms with E-state index < -0.39 is 6.16 Å². The van der Waals surface area contributed by atoms with E-state index in [0.717, 1.165) is 11.1 Å². The zero-order chi connectivity index (χ0) is 20.6. The number of carbonyl (C=O) groups excluding carboxylic acids is 1. The quantitative estimate of drug-likeness (QED) is 0.417. The Bertz CT molecular complexity index is 993. The van der Waals surface area contributed by atoms with Gasteiger partial charge in [-0.05, 0) is 35.4 Å². The molecule has 0 bridgehead atoms. The van der Waals surface area contributed by atoms with Crippen LogP contribution in [0.3, 0.4) is 0 Å². The van der Waals surface area contributed by atoms with Crippen LogP contribution in [0.1, 0.15) is 22.8 Å². The van der Waals surface area contributed by atoms with Crippen molar-refractivity contribution in [1.29, 1.82) is 0 Å². The maximum absolute atomic E-state index is 12.0. The normalized spacial score (nSPS) is 10.7. The first kappa shape index (κ1) is 19.3. The Morgan fingerprint density at radius 1 is 0.700 bits per heavy atom. The standard InChI is InChI=1S/C21H20N6O3/c28-21(29-15-19-24-9-11-26(19)13-17-1-5-22-6-2-17)30-16-20-25-10-12-27(20)14-18-3-7-23-8-4-18/h1-12H,13-16H2. The van der Waals surface area contributed by atoms with Crippen LogP contribution in [0.5, 0.6) is 0 Å². The van der Waals surface area contributed by atoms with E-state index in [-0.39, 0.29) is 13.2 Å². The predicted molar refractivity (Wildman–Crippen MR) is 106 cm³/mol. The average Bonchev–Trinajstić information content (AvgIpc) is 3.41. The molecule has 9 heteroatoms. The van der Waals surface area contributed by atoms with Gasteiger partial charge in [0, 0.05) is 62.7 Å². The molecule has 0 unspecified atom stereocenters. The van der Waals surface area contributed by atoms with Gasteiger partial charge in [-0.2, -0.15) is 0 Å². The number of nitrogens with zero attached hydrogens (tertiary/aromatic N) is 6. The highest BCUT2D eigenvalue weighted by Crippen LogP contribution is 2.08. The van der Waals surface area contributed by atoms with Gasteiger partial charge in [0.25, 0.3) is 0 Å². The molecular formula is C21H20N6O3. The van der Waals surface area contributed by atoms with Gasteiger partial charge >= 0.3 is 6.16 Å². The molecule has 0 aliphatic rings. The highest BCUT2D eigenvalue weighted by molar-refractivity contribution is 5.59. The third-order valence-electron chi connectivity index (χ3n) is 4.45. The lowest BCUT2D eigenvalue weighted by Gasteiger charge is -2.10. The van der Waals surface area contributed by atoms with E-state index in [2.05, 4.69) is 19.9 Å². The van der Waals surface area contributed by atoms with Crippen LogP contribution in [0, 0.1) is 0 Å². The summed E-state index contributed by atoms with van der Waals surface area (Å²) in [5.74, 6) is 1.26. The van der Waals surface area contributed by atoms with E-state index in [0.29, 0.717) is 24.7 Å². The lowest BCUT2D eigenvalue weighted by atomic mass is 10.3. The number of aromatic nitrogens is 6. The number of rotatable bonds is 8. The van der Waals surface area contributed by atoms with E-state index in [1.165, 1.54) is 0 Å². The van der Waals surface area contributed by atoms with Gasteiger partial charge in [-0.1, -0.05) is 0 Å². The molecule has 9 nitrogen and oxygen atoms in total. The highest BCUT2D eigenvalue weighted by atomic mass is 16.7. The molecule has 152 valence electrons. The fourth-order valence-corrected chi connectivity index (χ4v) is 2.91. The van der Waals surface area contributed by atoms with Crippen molar-refractivity contribution in [3.63, 3.8) is 0 Å². The number of imidazole rings is 2. The molecule has 0 aliphatic heterocycles. The Morgan fingerprint density at radius 3 is 1.57 bits per heavy atom. The molecule has 0 saturated carbocycles. The minimum Gasteiger partial charge on any atom is -0.426 e. The molecule has 4 heterocycles. The van der Waals surface area contributed by atoms with E-state index in [1.807, 2.05) is 45.8 Å². The summed E-state index contributed by atoms with van der Waals surface area (Å²) in [5.41, 5.74) is 2.15. The second-order valence-corrected chi connectivity index (χ2v) is 6.48. The summed E-state index contributed by atoms with van der Waals surface area (Å²) >= 11 is 0. The van der Waals surface area contributed by atoms with Crippen molar-refractivity contribution in [2.24, 2.45) is 0 Å². The van der Waals surface area contributed by atoms with E-state index in [4.69, 9.17) is 9.47 Å². The average molecular weight is 404 g/mol. The number of hydrogen-bond acceptors (Lipinski definition) is 7. The second kappa shape index (κ2) is 9.46. The van der Waals surface area contributed by atoms with Crippen molar-refractivity contribution in [3.8, 4) is 0 Å². The number of hydrogen-bond donors (Lipinski definition) is 0. The molecule has 0 N–H and O–H groups in total. The van der Waals surface area contributed by atoms with Crippen LogP contribution in [-0.4, -0.2) is 35.2 Å². The van der Waals surface area contributed by atoms with Crippen molar-refractivity contribution in [2.45, 2.75) is 26.3 Å². The van der Waals surface area contributed by atoms with Crippen LogP contribution in [0.4, 0.5) is 4.79 Å². The Balaban J connectivity index is 1.28. The Kier molecular flexibility index (Phi) is 6.09. The van der Waals surface area contributed by atoms with Gasteiger partial charge in [0.05, 0.1) is 0 Å². The Morgan fingerprint density at radius 2 is 1.13 bits per heavy atom. The van der Waals surface area contributed by atoms with Crippen molar-refractivity contribution in [2.75, 3.05) is 0 Å². The largest absolute Gasteiger partial charge is 0.509 e. The van der Waals surface area contributed by atoms with Crippen molar-refractivity contribution in [1.82, 2.24) is 29.1 Å². The molecule has 0 atom stereocenters. The summed E-state index contributed by atoms with van der Waals surface area (Å²) in [6.07, 6.45) is 13.2. The number of carbonyl (C=O) groups is 1. The molecule has 0 saturated heterocycles. The molecule has 0 fully saturated rings. The highest BCUT2D eigenvalue weighted by Gasteiger charge is 2.11. The topological polar surface area (TPSA) is 97.0 Å². The fraction of sp³-hybridized carbons (Fsp3) is 0.190. The lowest BCUT2D eigenvalue weighted by molar-refractivity contribution is 0.0401. The van der Waals surface area contributed by atoms with Crippen LogP contribution < -0.4 is 0 Å². The van der Waals surface area contributed by atoms with Crippen LogP contribution in [0.25, 0.3) is 0 Å². The summed E-state index contributed by atoms with van der Waals surface area (Å²) in [6.45, 7) is 1.26. The summed E-state index contributed by atoms with van der Waals surface area (Å²) in [4.78, 5) is 28.5. The van der Waals surface area contributed by atoms with Crippen molar-refractivity contribution >= 4 is 6.16 Å². The van der Waals surface area contributed by atoms with Crippen molar-refractivity contribution < 1.29 is 14.3 Å². The van der Waals surface area contributed by atoms with Crippen LogP contribution in [-0.2, 0) is 35.8 Å². The van der Waals surface area contributed by atoms with Gasteiger partial charge in [0.2, 0.25) is 0 Å². The molecule has 0 aliphatic carbocycles. The Labute approximate surface area is 173 Å². The maximum Gasteiger partial charge on any atom is 0.509 e. The molecule has 0 radical (unpaired) electrons. The third kappa shape index (κ3) is 5.07. The van der Waals surface area contributed by atoms with E-state index in [1.54, 1.807) is 37.2 Å². The van der Waals surface area contributed by atoms with Crippen LogP contribution in [0.15, 0.2) is 73.8 Å². The lowest BCUT2D eigenvalue weighted by Crippen LogP contribution is -2.13. The zero-order valence-electron chi connectivity index (χ0n) is 16.2. The monoisotopic (exact) mass is 404 g/mol. The van der Waals surface area contributed by atoms with Gasteiger partial charge in [-0.15, -0.1) is 0 Å². The van der Waals surface area contributed by atoms with Gasteiger partial charge in [0.15, 0.2) is 13.2 Å². The first-order valence-corrected chi connectivity index (χ1v) is 9.35. The summed E-state index contributed by atoms with van der Waals surface area (Å²) in [7, 11) is 0. The zero-order valence-corrected chi connectivity index (χ0v) is 16.2. The molecule has 4 aromatic heterocycles. The molecule has 30 heavy (non-hydrogen) atoms. The van der Waals surface area contributed by atoms with Crippen LogP contribution in [0.2, 0.25) is 0 Å². The first-order chi connectivity index (χ1) is 14.8. The smallest absolute Gasteiger partial charge is 0.426 e. The van der Waals surface area contributed by atoms with Gasteiger partial charge < -0.3 is 18.6 Å². The van der Waals surface area contributed by atoms with Gasteiger partial charge in [0.1, 0.15) is 11.6 Å². The summed E-state index contributed by atoms with van der Waals surface area (Å²) in [6, 6.07) is 7.69. The molecular weight excluding hydrogens is 384 g/mol. The fourth-order valence-electron chi connectivity index (χ4n) is 2.91. The molecule has 0 amide bonds. The maximum atomic E-state index is 12.0. The minimum absolute atomic E-state index is 0.0162. The minimum atomic E-state index is -0.771. The molecule has 0 spiro atoms. The molecule has 4 aromatic rings. The molecule has 0 aromatic carbocycles.